The fraction of sp³-hybridized carbons (Fsp3) is 0.667. The molecule has 1 aliphatic rings. The first-order chi connectivity index (χ1) is 9.10. The molecule has 1 fully saturated rings. The SMILES string of the molecule is O=C(O)CC1(NC(=O)Cn2cncn2)CCCCC1. The molecular formula is C12H18N4O3. The van der Waals surface area contributed by atoms with Crippen LogP contribution in [-0.4, -0.2) is 37.3 Å². The number of nitrogens with one attached hydrogen (secondary N) is 1. The first-order valence-corrected chi connectivity index (χ1v) is 6.45. The molecule has 0 unspecified atom stereocenters. The Hall–Kier alpha value is -1.92. The summed E-state index contributed by atoms with van der Waals surface area (Å²) < 4.78 is 1.42. The van der Waals surface area contributed by atoms with Gasteiger partial charge in [0.1, 0.15) is 19.2 Å². The van der Waals surface area contributed by atoms with Crippen molar-refractivity contribution in [1.29, 1.82) is 0 Å². The molecule has 0 aliphatic heterocycles. The van der Waals surface area contributed by atoms with Gasteiger partial charge in [0, 0.05) is 0 Å². The van der Waals surface area contributed by atoms with Crippen LogP contribution in [0.2, 0.25) is 0 Å². The van der Waals surface area contributed by atoms with E-state index in [1.54, 1.807) is 0 Å². The lowest BCUT2D eigenvalue weighted by molar-refractivity contribution is -0.139. The van der Waals surface area contributed by atoms with Crippen molar-refractivity contribution in [2.24, 2.45) is 0 Å². The maximum Gasteiger partial charge on any atom is 0.305 e. The van der Waals surface area contributed by atoms with Crippen LogP contribution in [0, 0.1) is 0 Å². The van der Waals surface area contributed by atoms with Gasteiger partial charge in [0.25, 0.3) is 0 Å². The van der Waals surface area contributed by atoms with Crippen molar-refractivity contribution in [3.63, 3.8) is 0 Å². The number of carbonyl (C=O) groups is 2. The summed E-state index contributed by atoms with van der Waals surface area (Å²) in [6.45, 7) is 0.0708. The number of nitrogens with zero attached hydrogens (tertiary/aromatic N) is 3. The van der Waals surface area contributed by atoms with E-state index < -0.39 is 11.5 Å². The van der Waals surface area contributed by atoms with Crippen molar-refractivity contribution in [1.82, 2.24) is 20.1 Å². The quantitative estimate of drug-likeness (QED) is 0.812. The van der Waals surface area contributed by atoms with Crippen LogP contribution in [0.4, 0.5) is 0 Å². The van der Waals surface area contributed by atoms with E-state index in [1.807, 2.05) is 0 Å². The molecule has 2 N–H and O–H groups in total. The van der Waals surface area contributed by atoms with E-state index >= 15 is 0 Å². The molecule has 0 aromatic carbocycles. The molecule has 0 bridgehead atoms. The number of rotatable bonds is 5. The molecule has 1 aliphatic carbocycles. The lowest BCUT2D eigenvalue weighted by Crippen LogP contribution is -2.52. The lowest BCUT2D eigenvalue weighted by Gasteiger charge is -2.37. The van der Waals surface area contributed by atoms with E-state index in [4.69, 9.17) is 5.11 Å². The number of aliphatic carboxylic acids is 1. The standard InChI is InChI=1S/C12H18N4O3/c17-10(7-16-9-13-8-14-16)15-12(6-11(18)19)4-2-1-3-5-12/h8-9H,1-7H2,(H,15,17)(H,18,19). The second-order valence-corrected chi connectivity index (χ2v) is 5.05. The molecule has 0 radical (unpaired) electrons. The maximum absolute atomic E-state index is 12.0. The molecule has 1 aromatic heterocycles. The summed E-state index contributed by atoms with van der Waals surface area (Å²) in [5, 5.41) is 15.8. The van der Waals surface area contributed by atoms with E-state index in [0.29, 0.717) is 0 Å². The molecule has 104 valence electrons. The van der Waals surface area contributed by atoms with Gasteiger partial charge >= 0.3 is 5.97 Å². The van der Waals surface area contributed by atoms with Crippen molar-refractivity contribution in [2.45, 2.75) is 50.6 Å². The summed E-state index contributed by atoms with van der Waals surface area (Å²) in [7, 11) is 0. The van der Waals surface area contributed by atoms with Gasteiger partial charge in [0.15, 0.2) is 0 Å². The third kappa shape index (κ3) is 3.77. The zero-order chi connectivity index (χ0) is 13.7. The van der Waals surface area contributed by atoms with Crippen LogP contribution in [-0.2, 0) is 16.1 Å². The van der Waals surface area contributed by atoms with Gasteiger partial charge in [-0.2, -0.15) is 5.10 Å². The first-order valence-electron chi connectivity index (χ1n) is 6.45. The third-order valence-electron chi connectivity index (χ3n) is 3.48. The minimum Gasteiger partial charge on any atom is -0.481 e. The molecule has 1 aromatic rings. The highest BCUT2D eigenvalue weighted by molar-refractivity contribution is 5.78. The number of carboxylic acids is 1. The van der Waals surface area contributed by atoms with Gasteiger partial charge in [-0.25, -0.2) is 9.67 Å². The summed E-state index contributed by atoms with van der Waals surface area (Å²) >= 11 is 0. The minimum atomic E-state index is -0.872. The van der Waals surface area contributed by atoms with Crippen molar-refractivity contribution in [3.05, 3.63) is 12.7 Å². The van der Waals surface area contributed by atoms with Gasteiger partial charge in [0.2, 0.25) is 5.91 Å². The molecule has 7 nitrogen and oxygen atoms in total. The monoisotopic (exact) mass is 266 g/mol. The molecule has 1 amide bonds. The molecule has 2 rings (SSSR count). The van der Waals surface area contributed by atoms with Crippen molar-refractivity contribution in [2.75, 3.05) is 0 Å². The zero-order valence-corrected chi connectivity index (χ0v) is 10.7. The molecule has 0 atom stereocenters. The number of aromatic nitrogens is 3. The molecule has 7 heteroatoms. The predicted octanol–water partition coefficient (Wildman–Crippen LogP) is 0.572. The Morgan fingerprint density at radius 2 is 2.05 bits per heavy atom. The fourth-order valence-corrected chi connectivity index (χ4v) is 2.66. The number of carbonyl (C=O) groups excluding carboxylic acids is 1. The van der Waals surface area contributed by atoms with Crippen LogP contribution >= 0.6 is 0 Å². The minimum absolute atomic E-state index is 0.0178. The van der Waals surface area contributed by atoms with Crippen LogP contribution in [0.15, 0.2) is 12.7 Å². The molecule has 1 heterocycles. The molecule has 0 saturated heterocycles. The summed E-state index contributed by atoms with van der Waals surface area (Å²) in [5.41, 5.74) is -0.595. The zero-order valence-electron chi connectivity index (χ0n) is 10.7. The summed E-state index contributed by atoms with van der Waals surface area (Å²) in [5.74, 6) is -1.09. The van der Waals surface area contributed by atoms with Gasteiger partial charge in [-0.1, -0.05) is 19.3 Å². The molecular weight excluding hydrogens is 248 g/mol. The summed E-state index contributed by atoms with van der Waals surface area (Å²) in [6, 6.07) is 0. The van der Waals surface area contributed by atoms with Gasteiger partial charge in [-0.05, 0) is 12.8 Å². The Kier molecular flexibility index (Phi) is 4.13. The van der Waals surface area contributed by atoms with Gasteiger partial charge in [0.05, 0.1) is 12.0 Å². The first kappa shape index (κ1) is 13.5. The molecule has 19 heavy (non-hydrogen) atoms. The van der Waals surface area contributed by atoms with Gasteiger partial charge in [-0.3, -0.25) is 9.59 Å². The molecule has 0 spiro atoms. The van der Waals surface area contributed by atoms with E-state index in [0.717, 1.165) is 32.1 Å². The normalized spacial score (nSPS) is 17.9. The Labute approximate surface area is 111 Å². The second-order valence-electron chi connectivity index (χ2n) is 5.05. The topological polar surface area (TPSA) is 97.1 Å². The Morgan fingerprint density at radius 3 is 2.63 bits per heavy atom. The highest BCUT2D eigenvalue weighted by Crippen LogP contribution is 2.31. The van der Waals surface area contributed by atoms with Crippen LogP contribution < -0.4 is 5.32 Å². The number of hydrogen-bond acceptors (Lipinski definition) is 4. The molecule has 1 saturated carbocycles. The van der Waals surface area contributed by atoms with Crippen LogP contribution in [0.5, 0.6) is 0 Å². The maximum atomic E-state index is 12.0. The van der Waals surface area contributed by atoms with Crippen LogP contribution in [0.3, 0.4) is 0 Å². The highest BCUT2D eigenvalue weighted by atomic mass is 16.4. The Bertz CT molecular complexity index is 438. The second kappa shape index (κ2) is 5.81. The predicted molar refractivity (Wildman–Crippen MR) is 66.2 cm³/mol. The Balaban J connectivity index is 1.98. The smallest absolute Gasteiger partial charge is 0.305 e. The van der Waals surface area contributed by atoms with Crippen molar-refractivity contribution >= 4 is 11.9 Å². The fourth-order valence-electron chi connectivity index (χ4n) is 2.66. The van der Waals surface area contributed by atoms with Crippen molar-refractivity contribution in [3.8, 4) is 0 Å². The van der Waals surface area contributed by atoms with E-state index in [1.165, 1.54) is 17.3 Å². The Morgan fingerprint density at radius 1 is 1.32 bits per heavy atom. The van der Waals surface area contributed by atoms with E-state index in [2.05, 4.69) is 15.4 Å². The van der Waals surface area contributed by atoms with Crippen LogP contribution in [0.25, 0.3) is 0 Å². The lowest BCUT2D eigenvalue weighted by atomic mass is 9.79. The highest BCUT2D eigenvalue weighted by Gasteiger charge is 2.35. The third-order valence-corrected chi connectivity index (χ3v) is 3.48. The van der Waals surface area contributed by atoms with Crippen molar-refractivity contribution < 1.29 is 14.7 Å². The van der Waals surface area contributed by atoms with Gasteiger partial charge in [-0.15, -0.1) is 0 Å². The summed E-state index contributed by atoms with van der Waals surface area (Å²) in [6.07, 6.45) is 7.26. The number of carboxylic acid groups (broad SMARTS) is 1. The average molecular weight is 266 g/mol. The summed E-state index contributed by atoms with van der Waals surface area (Å²) in [4.78, 5) is 26.7. The average Bonchev–Trinajstić information content (AvgIpc) is 2.81. The largest absolute Gasteiger partial charge is 0.481 e. The number of hydrogen-bond donors (Lipinski definition) is 2. The van der Waals surface area contributed by atoms with E-state index in [-0.39, 0.29) is 18.9 Å². The van der Waals surface area contributed by atoms with E-state index in [9.17, 15) is 9.59 Å². The van der Waals surface area contributed by atoms with Gasteiger partial charge < -0.3 is 10.4 Å². The van der Waals surface area contributed by atoms with Crippen LogP contribution in [0.1, 0.15) is 38.5 Å². The number of amides is 1.